The molecule has 0 bridgehead atoms. The van der Waals surface area contributed by atoms with E-state index >= 15 is 0 Å². The summed E-state index contributed by atoms with van der Waals surface area (Å²) in [5.41, 5.74) is 9.22. The van der Waals surface area contributed by atoms with Crippen LogP contribution in [0.25, 0.3) is 0 Å². The summed E-state index contributed by atoms with van der Waals surface area (Å²) in [6.07, 6.45) is 6.08. The second kappa shape index (κ2) is 6.48. The Hall–Kier alpha value is -1.55. The molecule has 4 N–H and O–H groups in total. The molecule has 1 fully saturated rings. The van der Waals surface area contributed by atoms with E-state index in [9.17, 15) is 4.79 Å². The van der Waals surface area contributed by atoms with Crippen molar-refractivity contribution in [1.82, 2.24) is 10.6 Å². The van der Waals surface area contributed by atoms with E-state index in [4.69, 9.17) is 5.73 Å². The molecule has 1 aliphatic heterocycles. The molecule has 1 aromatic rings. The van der Waals surface area contributed by atoms with Crippen LogP contribution in [0.1, 0.15) is 49.3 Å². The lowest BCUT2D eigenvalue weighted by atomic mass is 9.87. The highest BCUT2D eigenvalue weighted by molar-refractivity contribution is 5.76. The number of anilines is 1. The zero-order valence-corrected chi connectivity index (χ0v) is 12.5. The average molecular weight is 287 g/mol. The van der Waals surface area contributed by atoms with Gasteiger partial charge in [-0.25, -0.2) is 0 Å². The van der Waals surface area contributed by atoms with Gasteiger partial charge < -0.3 is 16.4 Å². The normalized spacial score (nSPS) is 24.6. The number of hydrogen-bond donors (Lipinski definition) is 3. The molecular weight excluding hydrogens is 262 g/mol. The summed E-state index contributed by atoms with van der Waals surface area (Å²) in [7, 11) is 0. The summed E-state index contributed by atoms with van der Waals surface area (Å²) in [5.74, 6) is 0.866. The van der Waals surface area contributed by atoms with Crippen LogP contribution in [0.2, 0.25) is 0 Å². The summed E-state index contributed by atoms with van der Waals surface area (Å²) in [4.78, 5) is 12.2. The zero-order valence-electron chi connectivity index (χ0n) is 12.5. The smallest absolute Gasteiger partial charge is 0.220 e. The third kappa shape index (κ3) is 3.56. The number of nitrogens with two attached hydrogens (primary N) is 1. The van der Waals surface area contributed by atoms with Crippen LogP contribution in [0.15, 0.2) is 18.2 Å². The van der Waals surface area contributed by atoms with Gasteiger partial charge in [-0.1, -0.05) is 6.07 Å². The highest BCUT2D eigenvalue weighted by atomic mass is 16.1. The Labute approximate surface area is 126 Å². The lowest BCUT2D eigenvalue weighted by Crippen LogP contribution is -2.31. The van der Waals surface area contributed by atoms with Crippen molar-refractivity contribution in [2.45, 2.75) is 44.6 Å². The summed E-state index contributed by atoms with van der Waals surface area (Å²) >= 11 is 0. The van der Waals surface area contributed by atoms with E-state index in [1.807, 2.05) is 6.07 Å². The van der Waals surface area contributed by atoms with Crippen molar-refractivity contribution in [3.63, 3.8) is 0 Å². The SMILES string of the molecule is Nc1ccc2c(c1)CCCC2NC(=O)CCC1CCNC1. The van der Waals surface area contributed by atoms with Crippen molar-refractivity contribution in [3.8, 4) is 0 Å². The summed E-state index contributed by atoms with van der Waals surface area (Å²) in [6.45, 7) is 2.17. The van der Waals surface area contributed by atoms with Crippen LogP contribution in [0.4, 0.5) is 5.69 Å². The minimum atomic E-state index is 0.170. The number of rotatable bonds is 4. The van der Waals surface area contributed by atoms with Crippen molar-refractivity contribution >= 4 is 11.6 Å². The van der Waals surface area contributed by atoms with Crippen molar-refractivity contribution in [3.05, 3.63) is 29.3 Å². The second-order valence-electron chi connectivity index (χ2n) is 6.37. The highest BCUT2D eigenvalue weighted by Gasteiger charge is 2.22. The van der Waals surface area contributed by atoms with E-state index in [0.717, 1.165) is 44.5 Å². The number of fused-ring (bicyclic) bond motifs is 1. The van der Waals surface area contributed by atoms with Gasteiger partial charge in [0.1, 0.15) is 0 Å². The van der Waals surface area contributed by atoms with Gasteiger partial charge in [0.15, 0.2) is 0 Å². The number of amides is 1. The van der Waals surface area contributed by atoms with E-state index in [1.165, 1.54) is 17.5 Å². The molecule has 2 unspecified atom stereocenters. The summed E-state index contributed by atoms with van der Waals surface area (Å²) in [6, 6.07) is 6.24. The largest absolute Gasteiger partial charge is 0.399 e. The molecule has 4 nitrogen and oxygen atoms in total. The number of aryl methyl sites for hydroxylation is 1. The lowest BCUT2D eigenvalue weighted by molar-refractivity contribution is -0.122. The van der Waals surface area contributed by atoms with Crippen LogP contribution < -0.4 is 16.4 Å². The molecule has 4 heteroatoms. The number of benzene rings is 1. The Kier molecular flexibility index (Phi) is 4.44. The molecule has 2 atom stereocenters. The molecule has 21 heavy (non-hydrogen) atoms. The van der Waals surface area contributed by atoms with Crippen molar-refractivity contribution in [1.29, 1.82) is 0 Å². The van der Waals surface area contributed by atoms with Crippen LogP contribution >= 0.6 is 0 Å². The van der Waals surface area contributed by atoms with Crippen LogP contribution in [0.3, 0.4) is 0 Å². The van der Waals surface area contributed by atoms with Gasteiger partial charge in [0.25, 0.3) is 0 Å². The molecule has 1 aliphatic carbocycles. The van der Waals surface area contributed by atoms with E-state index < -0.39 is 0 Å². The first-order valence-electron chi connectivity index (χ1n) is 8.11. The first-order chi connectivity index (χ1) is 10.2. The maximum atomic E-state index is 12.2. The van der Waals surface area contributed by atoms with Gasteiger partial charge in [-0.3, -0.25) is 4.79 Å². The topological polar surface area (TPSA) is 67.1 Å². The standard InChI is InChI=1S/C17H25N3O/c18-14-5-6-15-13(10-14)2-1-3-16(15)20-17(21)7-4-12-8-9-19-11-12/h5-6,10,12,16,19H,1-4,7-9,11,18H2,(H,20,21). The van der Waals surface area contributed by atoms with Gasteiger partial charge in [-0.15, -0.1) is 0 Å². The molecule has 1 heterocycles. The van der Waals surface area contributed by atoms with Crippen molar-refractivity contribution in [2.75, 3.05) is 18.8 Å². The molecule has 2 aliphatic rings. The fourth-order valence-corrected chi connectivity index (χ4v) is 3.55. The molecule has 1 aromatic carbocycles. The Morgan fingerprint density at radius 1 is 1.38 bits per heavy atom. The number of nitrogen functional groups attached to an aromatic ring is 1. The Morgan fingerprint density at radius 3 is 3.10 bits per heavy atom. The number of carbonyl (C=O) groups excluding carboxylic acids is 1. The number of hydrogen-bond acceptors (Lipinski definition) is 3. The van der Waals surface area contributed by atoms with Gasteiger partial charge >= 0.3 is 0 Å². The Bertz CT molecular complexity index is 509. The average Bonchev–Trinajstić information content (AvgIpc) is 2.98. The lowest BCUT2D eigenvalue weighted by Gasteiger charge is -2.27. The monoisotopic (exact) mass is 287 g/mol. The van der Waals surface area contributed by atoms with E-state index in [1.54, 1.807) is 0 Å². The zero-order chi connectivity index (χ0) is 14.7. The quantitative estimate of drug-likeness (QED) is 0.743. The van der Waals surface area contributed by atoms with E-state index in [2.05, 4.69) is 22.8 Å². The fourth-order valence-electron chi connectivity index (χ4n) is 3.55. The predicted molar refractivity (Wildman–Crippen MR) is 84.9 cm³/mol. The minimum Gasteiger partial charge on any atom is -0.399 e. The molecule has 0 aromatic heterocycles. The van der Waals surface area contributed by atoms with Crippen LogP contribution in [0.5, 0.6) is 0 Å². The third-order valence-electron chi connectivity index (χ3n) is 4.76. The fraction of sp³-hybridized carbons (Fsp3) is 0.588. The van der Waals surface area contributed by atoms with Crippen LogP contribution in [-0.4, -0.2) is 19.0 Å². The van der Waals surface area contributed by atoms with Gasteiger partial charge in [0.05, 0.1) is 6.04 Å². The molecule has 1 amide bonds. The predicted octanol–water partition coefficient (Wildman–Crippen LogP) is 2.15. The number of carbonyl (C=O) groups is 1. The van der Waals surface area contributed by atoms with Gasteiger partial charge in [-0.2, -0.15) is 0 Å². The van der Waals surface area contributed by atoms with Gasteiger partial charge in [0, 0.05) is 12.1 Å². The molecule has 0 saturated carbocycles. The second-order valence-corrected chi connectivity index (χ2v) is 6.37. The van der Waals surface area contributed by atoms with Gasteiger partial charge in [0.2, 0.25) is 5.91 Å². The minimum absolute atomic E-state index is 0.170. The first-order valence-corrected chi connectivity index (χ1v) is 8.11. The molecule has 114 valence electrons. The Morgan fingerprint density at radius 2 is 2.29 bits per heavy atom. The van der Waals surface area contributed by atoms with Crippen molar-refractivity contribution in [2.24, 2.45) is 5.92 Å². The third-order valence-corrected chi connectivity index (χ3v) is 4.76. The molecule has 3 rings (SSSR count). The highest BCUT2D eigenvalue weighted by Crippen LogP contribution is 2.31. The first kappa shape index (κ1) is 14.4. The Balaban J connectivity index is 1.56. The molecule has 0 spiro atoms. The molecular formula is C17H25N3O. The van der Waals surface area contributed by atoms with Crippen molar-refractivity contribution < 1.29 is 4.79 Å². The maximum absolute atomic E-state index is 12.2. The van der Waals surface area contributed by atoms with Gasteiger partial charge in [-0.05, 0) is 74.4 Å². The number of nitrogens with one attached hydrogen (secondary N) is 2. The van der Waals surface area contributed by atoms with E-state index in [0.29, 0.717) is 12.3 Å². The summed E-state index contributed by atoms with van der Waals surface area (Å²) < 4.78 is 0. The van der Waals surface area contributed by atoms with Crippen LogP contribution in [-0.2, 0) is 11.2 Å². The molecule has 0 radical (unpaired) electrons. The molecule has 1 saturated heterocycles. The van der Waals surface area contributed by atoms with E-state index in [-0.39, 0.29) is 11.9 Å². The maximum Gasteiger partial charge on any atom is 0.220 e. The summed E-state index contributed by atoms with van der Waals surface area (Å²) in [5, 5.41) is 6.57. The van der Waals surface area contributed by atoms with Crippen LogP contribution in [0, 0.1) is 5.92 Å².